The molecule has 0 bridgehead atoms. The highest BCUT2D eigenvalue weighted by molar-refractivity contribution is 7.99. The Kier molecular flexibility index (Phi) is 8.31. The van der Waals surface area contributed by atoms with E-state index in [1.807, 2.05) is 6.07 Å². The molecule has 162 valence electrons. The van der Waals surface area contributed by atoms with Gasteiger partial charge in [0.2, 0.25) is 5.91 Å². The summed E-state index contributed by atoms with van der Waals surface area (Å²) in [5, 5.41) is 8.68. The fourth-order valence-electron chi connectivity index (χ4n) is 2.50. The highest BCUT2D eigenvalue weighted by Gasteiger charge is 2.21. The second-order valence-corrected chi connectivity index (χ2v) is 7.48. The molecular formula is C21H20ClN3O5S. The molecule has 8 nitrogen and oxygen atoms in total. The van der Waals surface area contributed by atoms with E-state index in [-0.39, 0.29) is 42.5 Å². The first-order chi connectivity index (χ1) is 15.0. The Morgan fingerprint density at radius 2 is 1.84 bits per heavy atom. The number of aromatic nitrogens is 2. The molecule has 1 amide bonds. The number of carbonyl (C=O) groups excluding carboxylic acids is 2. The summed E-state index contributed by atoms with van der Waals surface area (Å²) in [6.45, 7) is 1.86. The van der Waals surface area contributed by atoms with Gasteiger partial charge in [-0.2, -0.15) is 0 Å². The van der Waals surface area contributed by atoms with Gasteiger partial charge in [-0.25, -0.2) is 0 Å². The van der Waals surface area contributed by atoms with E-state index in [0.29, 0.717) is 16.5 Å². The van der Waals surface area contributed by atoms with Crippen molar-refractivity contribution in [3.8, 4) is 5.75 Å². The summed E-state index contributed by atoms with van der Waals surface area (Å²) in [7, 11) is 0. The Morgan fingerprint density at radius 3 is 2.55 bits per heavy atom. The average Bonchev–Trinajstić information content (AvgIpc) is 3.24. The van der Waals surface area contributed by atoms with E-state index in [1.54, 1.807) is 55.5 Å². The number of hydrogen-bond acceptors (Lipinski definition) is 8. The monoisotopic (exact) mass is 461 g/mol. The number of esters is 1. The Hall–Kier alpha value is -3.04. The van der Waals surface area contributed by atoms with Gasteiger partial charge in [0.05, 0.1) is 12.4 Å². The third-order valence-corrected chi connectivity index (χ3v) is 4.96. The van der Waals surface area contributed by atoms with Gasteiger partial charge in [0.15, 0.2) is 6.61 Å². The summed E-state index contributed by atoms with van der Waals surface area (Å²) in [6.07, 6.45) is 0. The lowest BCUT2D eigenvalue weighted by Gasteiger charge is -2.21. The van der Waals surface area contributed by atoms with Crippen LogP contribution < -0.4 is 9.64 Å². The van der Waals surface area contributed by atoms with Gasteiger partial charge >= 0.3 is 5.97 Å². The lowest BCUT2D eigenvalue weighted by Crippen LogP contribution is -2.37. The zero-order valence-electron chi connectivity index (χ0n) is 16.7. The molecule has 0 N–H and O–H groups in total. The second-order valence-electron chi connectivity index (χ2n) is 6.11. The van der Waals surface area contributed by atoms with Crippen molar-refractivity contribution in [3.05, 3.63) is 65.5 Å². The summed E-state index contributed by atoms with van der Waals surface area (Å²) in [5.74, 6) is 0.125. The van der Waals surface area contributed by atoms with Gasteiger partial charge < -0.3 is 18.8 Å². The number of ether oxygens (including phenoxy) is 2. The van der Waals surface area contributed by atoms with Crippen LogP contribution in [0, 0.1) is 0 Å². The van der Waals surface area contributed by atoms with Crippen molar-refractivity contribution in [1.29, 1.82) is 0 Å². The summed E-state index contributed by atoms with van der Waals surface area (Å²) in [6, 6.07) is 15.8. The normalized spacial score (nSPS) is 10.5. The van der Waals surface area contributed by atoms with Crippen molar-refractivity contribution in [1.82, 2.24) is 10.2 Å². The van der Waals surface area contributed by atoms with Crippen molar-refractivity contribution < 1.29 is 23.5 Å². The molecule has 0 radical (unpaired) electrons. The maximum absolute atomic E-state index is 12.8. The molecule has 0 fully saturated rings. The zero-order chi connectivity index (χ0) is 22.1. The number of anilines is 1. The summed E-state index contributed by atoms with van der Waals surface area (Å²) in [5.41, 5.74) is 0.601. The molecule has 0 aliphatic heterocycles. The number of amides is 1. The molecule has 1 aromatic heterocycles. The number of para-hydroxylation sites is 1. The minimum Gasteiger partial charge on any atom is -0.484 e. The highest BCUT2D eigenvalue weighted by atomic mass is 35.5. The molecule has 0 atom stereocenters. The quantitative estimate of drug-likeness (QED) is 0.330. The number of rotatable bonds is 10. The lowest BCUT2D eigenvalue weighted by molar-refractivity contribution is -0.142. The summed E-state index contributed by atoms with van der Waals surface area (Å²) < 4.78 is 16.0. The molecule has 0 saturated heterocycles. The SMILES string of the molecule is CCOC(=O)CN(C(=O)CSc1nnc(COc2ccc(Cl)cc2)o1)c1ccccc1. The molecule has 0 aliphatic carbocycles. The molecule has 0 unspecified atom stereocenters. The number of nitrogens with zero attached hydrogens (tertiary/aromatic N) is 3. The van der Waals surface area contributed by atoms with Crippen molar-refractivity contribution in [3.63, 3.8) is 0 Å². The predicted molar refractivity (Wildman–Crippen MR) is 116 cm³/mol. The number of benzene rings is 2. The molecule has 2 aromatic carbocycles. The molecule has 3 rings (SSSR count). The van der Waals surface area contributed by atoms with E-state index in [1.165, 1.54) is 4.90 Å². The Balaban J connectivity index is 1.56. The molecule has 0 spiro atoms. The van der Waals surface area contributed by atoms with Crippen molar-refractivity contribution >= 4 is 40.9 Å². The van der Waals surface area contributed by atoms with E-state index in [2.05, 4.69) is 10.2 Å². The smallest absolute Gasteiger partial charge is 0.326 e. The predicted octanol–water partition coefficient (Wildman–Crippen LogP) is 3.99. The highest BCUT2D eigenvalue weighted by Crippen LogP contribution is 2.21. The third-order valence-electron chi connectivity index (χ3n) is 3.90. The van der Waals surface area contributed by atoms with Crippen LogP contribution in [0.4, 0.5) is 5.69 Å². The van der Waals surface area contributed by atoms with E-state index < -0.39 is 5.97 Å². The Morgan fingerprint density at radius 1 is 1.10 bits per heavy atom. The Bertz CT molecular complexity index is 998. The molecular weight excluding hydrogens is 442 g/mol. The fraction of sp³-hybridized carbons (Fsp3) is 0.238. The van der Waals surface area contributed by atoms with E-state index in [9.17, 15) is 9.59 Å². The zero-order valence-corrected chi connectivity index (χ0v) is 18.3. The first kappa shape index (κ1) is 22.6. The number of thioether (sulfide) groups is 1. The minimum absolute atomic E-state index is 0.00791. The molecule has 1 heterocycles. The van der Waals surface area contributed by atoms with Crippen LogP contribution in [0.3, 0.4) is 0 Å². The number of halogens is 1. The standard InChI is InChI=1S/C21H20ClN3O5S/c1-2-28-20(27)12-25(16-6-4-3-5-7-16)19(26)14-31-21-24-23-18(30-21)13-29-17-10-8-15(22)9-11-17/h3-11H,2,12-14H2,1H3. The van der Waals surface area contributed by atoms with Crippen molar-refractivity contribution in [2.45, 2.75) is 18.8 Å². The molecule has 31 heavy (non-hydrogen) atoms. The largest absolute Gasteiger partial charge is 0.484 e. The second kappa shape index (κ2) is 11.4. The molecule has 3 aromatic rings. The van der Waals surface area contributed by atoms with E-state index in [0.717, 1.165) is 11.8 Å². The van der Waals surface area contributed by atoms with Crippen molar-refractivity contribution in [2.75, 3.05) is 23.8 Å². The molecule has 10 heteroatoms. The van der Waals surface area contributed by atoms with Crippen LogP contribution in [0.25, 0.3) is 0 Å². The van der Waals surface area contributed by atoms with Gasteiger partial charge in [0, 0.05) is 10.7 Å². The number of hydrogen-bond donors (Lipinski definition) is 0. The van der Waals surface area contributed by atoms with Crippen LogP contribution in [0.1, 0.15) is 12.8 Å². The first-order valence-corrected chi connectivity index (χ1v) is 10.8. The van der Waals surface area contributed by atoms with E-state index in [4.69, 9.17) is 25.5 Å². The summed E-state index contributed by atoms with van der Waals surface area (Å²) in [4.78, 5) is 26.1. The van der Waals surface area contributed by atoms with Crippen LogP contribution in [0.15, 0.2) is 64.2 Å². The Labute approximate surface area is 188 Å². The first-order valence-electron chi connectivity index (χ1n) is 9.39. The molecule has 0 aliphatic rings. The van der Waals surface area contributed by atoms with Crippen LogP contribution >= 0.6 is 23.4 Å². The van der Waals surface area contributed by atoms with Gasteiger partial charge in [-0.3, -0.25) is 9.59 Å². The fourth-order valence-corrected chi connectivity index (χ4v) is 3.28. The molecule has 0 saturated carbocycles. The topological polar surface area (TPSA) is 94.8 Å². The van der Waals surface area contributed by atoms with Crippen LogP contribution in [0.5, 0.6) is 5.75 Å². The average molecular weight is 462 g/mol. The van der Waals surface area contributed by atoms with Gasteiger partial charge in [-0.15, -0.1) is 10.2 Å². The third kappa shape index (κ3) is 7.01. The van der Waals surface area contributed by atoms with Gasteiger partial charge in [-0.1, -0.05) is 41.6 Å². The maximum Gasteiger partial charge on any atom is 0.326 e. The minimum atomic E-state index is -0.482. The van der Waals surface area contributed by atoms with Gasteiger partial charge in [0.25, 0.3) is 11.1 Å². The van der Waals surface area contributed by atoms with Crippen molar-refractivity contribution in [2.24, 2.45) is 0 Å². The van der Waals surface area contributed by atoms with E-state index >= 15 is 0 Å². The van der Waals surface area contributed by atoms with Crippen LogP contribution in [-0.2, 0) is 20.9 Å². The van der Waals surface area contributed by atoms with Crippen LogP contribution in [-0.4, -0.2) is 41.0 Å². The van der Waals surface area contributed by atoms with Gasteiger partial charge in [0.1, 0.15) is 12.3 Å². The maximum atomic E-state index is 12.8. The van der Waals surface area contributed by atoms with Crippen LogP contribution in [0.2, 0.25) is 5.02 Å². The lowest BCUT2D eigenvalue weighted by atomic mass is 10.3. The number of carbonyl (C=O) groups is 2. The summed E-state index contributed by atoms with van der Waals surface area (Å²) >= 11 is 6.92. The van der Waals surface area contributed by atoms with Gasteiger partial charge in [-0.05, 0) is 43.3 Å².